The van der Waals surface area contributed by atoms with Crippen LogP contribution in [0.2, 0.25) is 0 Å². The fourth-order valence-corrected chi connectivity index (χ4v) is 0.800. The van der Waals surface area contributed by atoms with Crippen LogP contribution in [0.15, 0.2) is 0 Å². The highest BCUT2D eigenvalue weighted by molar-refractivity contribution is 5.68. The maximum atomic E-state index is 11.2. The van der Waals surface area contributed by atoms with E-state index in [-0.39, 0.29) is 6.04 Å². The van der Waals surface area contributed by atoms with Crippen molar-refractivity contribution in [1.29, 1.82) is 0 Å². The van der Waals surface area contributed by atoms with Crippen LogP contribution in [-0.2, 0) is 9.47 Å². The predicted molar refractivity (Wildman–Crippen MR) is 50.7 cm³/mol. The van der Waals surface area contributed by atoms with E-state index in [2.05, 4.69) is 5.32 Å². The second-order valence-corrected chi connectivity index (χ2v) is 4.00. The molecule has 0 saturated carbocycles. The van der Waals surface area contributed by atoms with Gasteiger partial charge in [-0.05, 0) is 27.7 Å². The number of rotatable bonds is 3. The summed E-state index contributed by atoms with van der Waals surface area (Å²) in [5.41, 5.74) is -0.448. The molecule has 0 aromatic heterocycles. The molecule has 0 aliphatic carbocycles. The number of carbonyl (C=O) groups excluding carboxylic acids is 1. The summed E-state index contributed by atoms with van der Waals surface area (Å²) in [5, 5.41) is 2.65. The third-order valence-electron chi connectivity index (χ3n) is 1.18. The Balaban J connectivity index is 3.74. The number of carbonyl (C=O) groups is 1. The first-order valence-electron chi connectivity index (χ1n) is 4.33. The number of hydrogen-bond acceptors (Lipinski definition) is 3. The van der Waals surface area contributed by atoms with Crippen LogP contribution < -0.4 is 5.32 Å². The van der Waals surface area contributed by atoms with E-state index in [0.717, 1.165) is 0 Å². The Morgan fingerprint density at radius 3 is 2.38 bits per heavy atom. The molecule has 0 aliphatic heterocycles. The first kappa shape index (κ1) is 12.2. The third kappa shape index (κ3) is 7.59. The van der Waals surface area contributed by atoms with Gasteiger partial charge in [-0.3, -0.25) is 0 Å². The molecule has 4 heteroatoms. The zero-order valence-corrected chi connectivity index (χ0v) is 9.01. The lowest BCUT2D eigenvalue weighted by molar-refractivity contribution is 0.0477. The van der Waals surface area contributed by atoms with Gasteiger partial charge in [0.2, 0.25) is 0 Å². The molecular formula is C9H19NO3. The van der Waals surface area contributed by atoms with Crippen LogP contribution in [0.25, 0.3) is 0 Å². The minimum absolute atomic E-state index is 0.0279. The summed E-state index contributed by atoms with van der Waals surface area (Å²) < 4.78 is 9.91. The largest absolute Gasteiger partial charge is 0.444 e. The molecule has 1 N–H and O–H groups in total. The second-order valence-electron chi connectivity index (χ2n) is 4.00. The monoisotopic (exact) mass is 189 g/mol. The molecule has 0 spiro atoms. The zero-order valence-electron chi connectivity index (χ0n) is 9.01. The van der Waals surface area contributed by atoms with Gasteiger partial charge in [0.15, 0.2) is 0 Å². The number of amides is 1. The van der Waals surface area contributed by atoms with Crippen molar-refractivity contribution in [1.82, 2.24) is 5.32 Å². The van der Waals surface area contributed by atoms with Crippen molar-refractivity contribution in [2.45, 2.75) is 39.3 Å². The predicted octanol–water partition coefficient (Wildman–Crippen LogP) is 1.55. The Labute approximate surface area is 79.6 Å². The van der Waals surface area contributed by atoms with Gasteiger partial charge < -0.3 is 14.8 Å². The van der Waals surface area contributed by atoms with E-state index >= 15 is 0 Å². The molecule has 0 heterocycles. The Morgan fingerprint density at radius 1 is 1.46 bits per heavy atom. The molecule has 0 bridgehead atoms. The summed E-state index contributed by atoms with van der Waals surface area (Å²) in [7, 11) is 1.59. The van der Waals surface area contributed by atoms with Gasteiger partial charge in [-0.1, -0.05) is 0 Å². The SMILES string of the molecule is COC[C@@H](C)NC(=O)OC(C)(C)C. The van der Waals surface area contributed by atoms with Gasteiger partial charge in [-0.2, -0.15) is 0 Å². The van der Waals surface area contributed by atoms with Gasteiger partial charge >= 0.3 is 6.09 Å². The molecule has 0 aliphatic rings. The lowest BCUT2D eigenvalue weighted by Gasteiger charge is -2.21. The zero-order chi connectivity index (χ0) is 10.5. The highest BCUT2D eigenvalue weighted by atomic mass is 16.6. The molecule has 13 heavy (non-hydrogen) atoms. The van der Waals surface area contributed by atoms with Crippen molar-refractivity contribution in [2.75, 3.05) is 13.7 Å². The standard InChI is InChI=1S/C9H19NO3/c1-7(6-12-5)10-8(11)13-9(2,3)4/h7H,6H2,1-5H3,(H,10,11)/t7-/m1/s1. The van der Waals surface area contributed by atoms with E-state index in [1.54, 1.807) is 7.11 Å². The highest BCUT2D eigenvalue weighted by Gasteiger charge is 2.17. The molecule has 1 amide bonds. The lowest BCUT2D eigenvalue weighted by Crippen LogP contribution is -2.39. The first-order valence-corrected chi connectivity index (χ1v) is 4.33. The van der Waals surface area contributed by atoms with Crippen LogP contribution in [-0.4, -0.2) is 31.5 Å². The summed E-state index contributed by atoms with van der Waals surface area (Å²) in [6, 6.07) is -0.0279. The van der Waals surface area contributed by atoms with Gasteiger partial charge in [0, 0.05) is 7.11 Å². The van der Waals surface area contributed by atoms with E-state index < -0.39 is 11.7 Å². The summed E-state index contributed by atoms with van der Waals surface area (Å²) in [6.07, 6.45) is -0.406. The van der Waals surface area contributed by atoms with Crippen LogP contribution in [0.4, 0.5) is 4.79 Å². The topological polar surface area (TPSA) is 47.6 Å². The van der Waals surface area contributed by atoms with Gasteiger partial charge in [-0.15, -0.1) is 0 Å². The van der Waals surface area contributed by atoms with Crippen LogP contribution in [0.1, 0.15) is 27.7 Å². The Kier molecular flexibility index (Phi) is 4.77. The van der Waals surface area contributed by atoms with E-state index in [4.69, 9.17) is 9.47 Å². The average Bonchev–Trinajstić information content (AvgIpc) is 1.81. The van der Waals surface area contributed by atoms with Crippen LogP contribution in [0.5, 0.6) is 0 Å². The van der Waals surface area contributed by atoms with Crippen LogP contribution in [0, 0.1) is 0 Å². The molecular weight excluding hydrogens is 170 g/mol. The highest BCUT2D eigenvalue weighted by Crippen LogP contribution is 2.06. The quantitative estimate of drug-likeness (QED) is 0.732. The van der Waals surface area contributed by atoms with Crippen molar-refractivity contribution < 1.29 is 14.3 Å². The van der Waals surface area contributed by atoms with E-state index in [1.165, 1.54) is 0 Å². The van der Waals surface area contributed by atoms with E-state index in [9.17, 15) is 4.79 Å². The normalized spacial score (nSPS) is 13.6. The molecule has 0 aromatic rings. The second kappa shape index (κ2) is 5.07. The van der Waals surface area contributed by atoms with Crippen molar-refractivity contribution in [2.24, 2.45) is 0 Å². The van der Waals surface area contributed by atoms with Gasteiger partial charge in [0.1, 0.15) is 5.60 Å². The smallest absolute Gasteiger partial charge is 0.407 e. The molecule has 0 rings (SSSR count). The maximum Gasteiger partial charge on any atom is 0.407 e. The molecule has 0 unspecified atom stereocenters. The summed E-state index contributed by atoms with van der Waals surface area (Å²) >= 11 is 0. The summed E-state index contributed by atoms with van der Waals surface area (Å²) in [5.74, 6) is 0. The maximum absolute atomic E-state index is 11.2. The molecule has 0 aromatic carbocycles. The Hall–Kier alpha value is -0.770. The molecule has 78 valence electrons. The molecule has 4 nitrogen and oxygen atoms in total. The Bertz CT molecular complexity index is 163. The van der Waals surface area contributed by atoms with Crippen LogP contribution in [0.3, 0.4) is 0 Å². The average molecular weight is 189 g/mol. The van der Waals surface area contributed by atoms with E-state index in [0.29, 0.717) is 6.61 Å². The number of hydrogen-bond donors (Lipinski definition) is 1. The molecule has 0 radical (unpaired) electrons. The number of nitrogens with one attached hydrogen (secondary N) is 1. The summed E-state index contributed by atoms with van der Waals surface area (Å²) in [6.45, 7) is 7.82. The minimum atomic E-state index is -0.448. The fourth-order valence-electron chi connectivity index (χ4n) is 0.800. The van der Waals surface area contributed by atoms with E-state index in [1.807, 2.05) is 27.7 Å². The molecule has 0 saturated heterocycles. The van der Waals surface area contributed by atoms with Gasteiger partial charge in [-0.25, -0.2) is 4.79 Å². The van der Waals surface area contributed by atoms with Crippen molar-refractivity contribution in [3.05, 3.63) is 0 Å². The third-order valence-corrected chi connectivity index (χ3v) is 1.18. The number of ether oxygens (including phenoxy) is 2. The minimum Gasteiger partial charge on any atom is -0.444 e. The van der Waals surface area contributed by atoms with Crippen LogP contribution >= 0.6 is 0 Å². The molecule has 1 atom stereocenters. The van der Waals surface area contributed by atoms with Gasteiger partial charge in [0.05, 0.1) is 12.6 Å². The van der Waals surface area contributed by atoms with Crippen molar-refractivity contribution >= 4 is 6.09 Å². The van der Waals surface area contributed by atoms with Crippen molar-refractivity contribution in [3.8, 4) is 0 Å². The summed E-state index contributed by atoms with van der Waals surface area (Å²) in [4.78, 5) is 11.2. The first-order chi connectivity index (χ1) is 5.85. The van der Waals surface area contributed by atoms with Gasteiger partial charge in [0.25, 0.3) is 0 Å². The lowest BCUT2D eigenvalue weighted by atomic mass is 10.2. The number of alkyl carbamates (subject to hydrolysis) is 1. The van der Waals surface area contributed by atoms with Crippen molar-refractivity contribution in [3.63, 3.8) is 0 Å². The molecule has 0 fully saturated rings. The number of methoxy groups -OCH3 is 1. The Morgan fingerprint density at radius 2 is 2.00 bits per heavy atom. The fraction of sp³-hybridized carbons (Fsp3) is 0.889.